The van der Waals surface area contributed by atoms with Crippen LogP contribution in [0.15, 0.2) is 97.2 Å². The number of allylic oxidation sites excluding steroid dienone is 16. The zero-order valence-corrected chi connectivity index (χ0v) is 33.4. The summed E-state index contributed by atoms with van der Waals surface area (Å²) in [5, 5.41) is 8.86. The number of phosphoric acid groups is 1. The highest BCUT2D eigenvalue weighted by atomic mass is 31.2. The molecule has 0 saturated heterocycles. The van der Waals surface area contributed by atoms with Crippen molar-refractivity contribution in [3.63, 3.8) is 0 Å². The van der Waals surface area contributed by atoms with E-state index in [2.05, 4.69) is 116 Å². The van der Waals surface area contributed by atoms with Gasteiger partial charge in [0.25, 0.3) is 0 Å². The zero-order chi connectivity index (χ0) is 40.0. The van der Waals surface area contributed by atoms with Gasteiger partial charge in [-0.25, -0.2) is 4.57 Å². The smallest absolute Gasteiger partial charge is 0.472 e. The van der Waals surface area contributed by atoms with Crippen LogP contribution in [0.3, 0.4) is 0 Å². The number of nitrogens with two attached hydrogens (primary N) is 1. The summed E-state index contributed by atoms with van der Waals surface area (Å²) in [5.41, 5.74) is 5.31. The molecule has 4 N–H and O–H groups in total. The molecule has 0 aromatic heterocycles. The van der Waals surface area contributed by atoms with Crippen molar-refractivity contribution < 1.29 is 47.5 Å². The molecule has 0 radical (unpaired) electrons. The molecule has 54 heavy (non-hydrogen) atoms. The number of esters is 2. The Morgan fingerprint density at radius 2 is 0.963 bits per heavy atom. The van der Waals surface area contributed by atoms with Crippen molar-refractivity contribution in [2.24, 2.45) is 5.73 Å². The highest BCUT2D eigenvalue weighted by Crippen LogP contribution is 2.43. The molecule has 12 heteroatoms. The molecule has 0 amide bonds. The van der Waals surface area contributed by atoms with Crippen LogP contribution in [0.4, 0.5) is 0 Å². The fourth-order valence-electron chi connectivity index (χ4n) is 4.34. The monoisotopic (exact) mass is 775 g/mol. The number of carboxylic acid groups (broad SMARTS) is 1. The number of carbonyl (C=O) groups is 3. The van der Waals surface area contributed by atoms with Crippen LogP contribution in [0, 0.1) is 0 Å². The van der Waals surface area contributed by atoms with E-state index in [-0.39, 0.29) is 12.8 Å². The minimum Gasteiger partial charge on any atom is -0.480 e. The van der Waals surface area contributed by atoms with E-state index >= 15 is 0 Å². The molecule has 0 rings (SSSR count). The summed E-state index contributed by atoms with van der Waals surface area (Å²) in [6.45, 7) is 2.44. The first kappa shape index (κ1) is 50.4. The topological polar surface area (TPSA) is 172 Å². The van der Waals surface area contributed by atoms with Gasteiger partial charge < -0.3 is 25.2 Å². The Morgan fingerprint density at radius 3 is 1.39 bits per heavy atom. The number of hydrogen-bond donors (Lipinski definition) is 3. The van der Waals surface area contributed by atoms with Crippen molar-refractivity contribution in [2.75, 3.05) is 19.8 Å². The molecule has 0 aliphatic heterocycles. The zero-order valence-electron chi connectivity index (χ0n) is 32.5. The van der Waals surface area contributed by atoms with E-state index in [1.54, 1.807) is 0 Å². The lowest BCUT2D eigenvalue weighted by Gasteiger charge is -2.20. The van der Waals surface area contributed by atoms with E-state index < -0.39 is 57.7 Å². The number of ether oxygens (including phenoxy) is 2. The number of carbonyl (C=O) groups excluding carboxylic acids is 2. The van der Waals surface area contributed by atoms with Crippen molar-refractivity contribution in [1.29, 1.82) is 0 Å². The quantitative estimate of drug-likeness (QED) is 0.0246. The number of carboxylic acids is 1. The Hall–Kier alpha value is -3.60. The molecule has 3 unspecified atom stereocenters. The summed E-state index contributed by atoms with van der Waals surface area (Å²) in [6, 6.07) is -1.54. The third kappa shape index (κ3) is 35.4. The van der Waals surface area contributed by atoms with Crippen LogP contribution in [-0.2, 0) is 37.5 Å². The Kier molecular flexibility index (Phi) is 34.0. The third-order valence-electron chi connectivity index (χ3n) is 7.33. The maximum absolute atomic E-state index is 12.6. The SMILES string of the molecule is CC/C=C\C/C=C\C/C=C\C/C=C\CCCCC(=O)OCC(COP(=O)(O)OCC(N)C(=O)O)OC(=O)CCCC/C=C\C/C=C\C/C=C\C/C=C\CC. The van der Waals surface area contributed by atoms with Crippen LogP contribution >= 0.6 is 7.82 Å². The molecule has 0 saturated carbocycles. The number of aliphatic carboxylic acids is 1. The molecule has 0 aromatic carbocycles. The molecule has 0 spiro atoms. The van der Waals surface area contributed by atoms with Crippen LogP contribution in [0.25, 0.3) is 0 Å². The summed E-state index contributed by atoms with van der Waals surface area (Å²) in [6.07, 6.45) is 44.9. The first-order valence-corrected chi connectivity index (χ1v) is 20.8. The Balaban J connectivity index is 4.61. The number of rotatable bonds is 34. The van der Waals surface area contributed by atoms with Crippen molar-refractivity contribution in [3.8, 4) is 0 Å². The van der Waals surface area contributed by atoms with Gasteiger partial charge in [0.1, 0.15) is 12.6 Å². The van der Waals surface area contributed by atoms with Gasteiger partial charge in [-0.15, -0.1) is 0 Å². The highest BCUT2D eigenvalue weighted by molar-refractivity contribution is 7.47. The second kappa shape index (κ2) is 36.4. The summed E-state index contributed by atoms with van der Waals surface area (Å²) >= 11 is 0. The van der Waals surface area contributed by atoms with Gasteiger partial charge in [0.15, 0.2) is 6.10 Å². The standard InChI is InChI=1S/C42H66NO10P/c1-3-5-7-9-11-13-15-17-19-21-23-25-27-29-31-33-40(44)50-35-38(36-51-54(48,49)52-37-39(43)42(46)47)53-41(45)34-32-30-28-26-24-22-20-18-16-14-12-10-8-6-4-2/h5-8,11-14,17-20,23-26,38-39H,3-4,9-10,15-16,21-22,27-37,43H2,1-2H3,(H,46,47)(H,48,49)/b7-5-,8-6-,13-11-,14-12-,19-17-,20-18-,25-23-,26-24-. The molecule has 0 aliphatic rings. The van der Waals surface area contributed by atoms with E-state index in [1.165, 1.54) is 0 Å². The van der Waals surface area contributed by atoms with Crippen molar-refractivity contribution >= 4 is 25.7 Å². The first-order valence-electron chi connectivity index (χ1n) is 19.3. The van der Waals surface area contributed by atoms with E-state index in [0.717, 1.165) is 77.0 Å². The van der Waals surface area contributed by atoms with Crippen LogP contribution in [0.5, 0.6) is 0 Å². The largest absolute Gasteiger partial charge is 0.480 e. The first-order chi connectivity index (χ1) is 26.1. The fraction of sp³-hybridized carbons (Fsp3) is 0.548. The molecule has 0 aliphatic carbocycles. The van der Waals surface area contributed by atoms with Gasteiger partial charge in [0.05, 0.1) is 13.2 Å². The summed E-state index contributed by atoms with van der Waals surface area (Å²) in [7, 11) is -4.74. The average Bonchev–Trinajstić information content (AvgIpc) is 3.14. The predicted octanol–water partition coefficient (Wildman–Crippen LogP) is 9.72. The van der Waals surface area contributed by atoms with Crippen LogP contribution < -0.4 is 5.73 Å². The highest BCUT2D eigenvalue weighted by Gasteiger charge is 2.28. The number of hydrogen-bond acceptors (Lipinski definition) is 9. The molecule has 11 nitrogen and oxygen atoms in total. The number of unbranched alkanes of at least 4 members (excludes halogenated alkanes) is 4. The van der Waals surface area contributed by atoms with Crippen molar-refractivity contribution in [1.82, 2.24) is 0 Å². The maximum atomic E-state index is 12.6. The van der Waals surface area contributed by atoms with Gasteiger partial charge in [-0.2, -0.15) is 0 Å². The average molecular weight is 776 g/mol. The molecule has 0 aromatic rings. The minimum atomic E-state index is -4.74. The Bertz CT molecular complexity index is 1280. The van der Waals surface area contributed by atoms with Gasteiger partial charge in [-0.05, 0) is 89.9 Å². The molecule has 0 heterocycles. The van der Waals surface area contributed by atoms with Gasteiger partial charge in [-0.3, -0.25) is 23.4 Å². The normalized spacial score (nSPS) is 14.9. The lowest BCUT2D eigenvalue weighted by Crippen LogP contribution is -2.34. The second-order valence-corrected chi connectivity index (χ2v) is 13.7. The Morgan fingerprint density at radius 1 is 0.574 bits per heavy atom. The second-order valence-electron chi connectivity index (χ2n) is 12.3. The number of phosphoric ester groups is 1. The predicted molar refractivity (Wildman–Crippen MR) is 217 cm³/mol. The lowest BCUT2D eigenvalue weighted by atomic mass is 10.1. The van der Waals surface area contributed by atoms with Gasteiger partial charge in [0, 0.05) is 12.8 Å². The summed E-state index contributed by atoms with van der Waals surface area (Å²) < 4.78 is 32.5. The molecular formula is C42H66NO10P. The van der Waals surface area contributed by atoms with E-state index in [4.69, 9.17) is 24.8 Å². The van der Waals surface area contributed by atoms with Gasteiger partial charge in [-0.1, -0.05) is 111 Å². The van der Waals surface area contributed by atoms with Crippen LogP contribution in [-0.4, -0.2) is 59.9 Å². The molecule has 3 atom stereocenters. The lowest BCUT2D eigenvalue weighted by molar-refractivity contribution is -0.161. The maximum Gasteiger partial charge on any atom is 0.472 e. The third-order valence-corrected chi connectivity index (χ3v) is 8.28. The molecular weight excluding hydrogens is 709 g/mol. The molecule has 0 bridgehead atoms. The van der Waals surface area contributed by atoms with Gasteiger partial charge >= 0.3 is 25.7 Å². The Labute approximate surface area is 324 Å². The van der Waals surface area contributed by atoms with Gasteiger partial charge in [0.2, 0.25) is 0 Å². The van der Waals surface area contributed by atoms with Crippen LogP contribution in [0.2, 0.25) is 0 Å². The van der Waals surface area contributed by atoms with E-state index in [1.807, 2.05) is 0 Å². The van der Waals surface area contributed by atoms with Crippen molar-refractivity contribution in [3.05, 3.63) is 97.2 Å². The minimum absolute atomic E-state index is 0.0933. The summed E-state index contributed by atoms with van der Waals surface area (Å²) in [5.74, 6) is -2.51. The molecule has 304 valence electrons. The van der Waals surface area contributed by atoms with E-state index in [0.29, 0.717) is 12.8 Å². The fourth-order valence-corrected chi connectivity index (χ4v) is 5.12. The summed E-state index contributed by atoms with van der Waals surface area (Å²) in [4.78, 5) is 45.8. The van der Waals surface area contributed by atoms with Crippen molar-refractivity contribution in [2.45, 2.75) is 129 Å². The van der Waals surface area contributed by atoms with Crippen LogP contribution in [0.1, 0.15) is 117 Å². The van der Waals surface area contributed by atoms with E-state index in [9.17, 15) is 23.8 Å². The molecule has 0 fully saturated rings.